The molecule has 2 heterocycles. The van der Waals surface area contributed by atoms with E-state index < -0.39 is 0 Å². The van der Waals surface area contributed by atoms with Crippen LogP contribution in [-0.2, 0) is 20.8 Å². The van der Waals surface area contributed by atoms with Crippen molar-refractivity contribution < 1.29 is 14.3 Å². The van der Waals surface area contributed by atoms with E-state index in [1.54, 1.807) is 27.2 Å². The Bertz CT molecular complexity index is 674. The summed E-state index contributed by atoms with van der Waals surface area (Å²) in [5.74, 6) is -0.0871. The molecule has 1 saturated carbocycles. The SMILES string of the molecule is CO[C@@H]1CC[C@@]2(OC)CCN(C(=O)Cn3nc(C)ccc3=O)[C@H]2C1. The van der Waals surface area contributed by atoms with E-state index in [4.69, 9.17) is 9.47 Å². The monoisotopic (exact) mass is 335 g/mol. The van der Waals surface area contributed by atoms with E-state index in [0.29, 0.717) is 12.2 Å². The minimum atomic E-state index is -0.282. The van der Waals surface area contributed by atoms with Crippen LogP contribution in [0.5, 0.6) is 0 Å². The van der Waals surface area contributed by atoms with Gasteiger partial charge in [0.1, 0.15) is 6.54 Å². The molecule has 1 aromatic rings. The second-order valence-electron chi connectivity index (χ2n) is 6.72. The van der Waals surface area contributed by atoms with E-state index in [0.717, 1.165) is 25.7 Å². The van der Waals surface area contributed by atoms with E-state index in [9.17, 15) is 9.59 Å². The Balaban J connectivity index is 1.79. The van der Waals surface area contributed by atoms with Crippen molar-refractivity contribution in [1.82, 2.24) is 14.7 Å². The van der Waals surface area contributed by atoms with E-state index in [-0.39, 0.29) is 35.8 Å². The summed E-state index contributed by atoms with van der Waals surface area (Å²) in [5.41, 5.74) is 0.173. The molecule has 0 N–H and O–H groups in total. The highest BCUT2D eigenvalue weighted by Gasteiger charge is 2.52. The molecule has 1 saturated heterocycles. The van der Waals surface area contributed by atoms with Crippen LogP contribution in [0.15, 0.2) is 16.9 Å². The Labute approximate surface area is 141 Å². The van der Waals surface area contributed by atoms with Gasteiger partial charge in [0, 0.05) is 26.8 Å². The smallest absolute Gasteiger partial charge is 0.267 e. The zero-order valence-corrected chi connectivity index (χ0v) is 14.5. The lowest BCUT2D eigenvalue weighted by molar-refractivity contribution is -0.141. The second kappa shape index (κ2) is 6.64. The van der Waals surface area contributed by atoms with Gasteiger partial charge in [0.15, 0.2) is 0 Å². The molecular weight excluding hydrogens is 310 g/mol. The van der Waals surface area contributed by atoms with Gasteiger partial charge in [-0.05, 0) is 38.7 Å². The van der Waals surface area contributed by atoms with Gasteiger partial charge in [-0.3, -0.25) is 9.59 Å². The molecule has 2 aliphatic rings. The van der Waals surface area contributed by atoms with E-state index in [2.05, 4.69) is 5.10 Å². The number of ether oxygens (including phenoxy) is 2. The Morgan fingerprint density at radius 1 is 1.38 bits per heavy atom. The summed E-state index contributed by atoms with van der Waals surface area (Å²) >= 11 is 0. The van der Waals surface area contributed by atoms with Crippen molar-refractivity contribution in [2.24, 2.45) is 0 Å². The van der Waals surface area contributed by atoms with E-state index in [1.807, 2.05) is 4.90 Å². The third-order valence-electron chi connectivity index (χ3n) is 5.48. The molecule has 0 aromatic carbocycles. The molecule has 3 rings (SSSR count). The number of aromatic nitrogens is 2. The van der Waals surface area contributed by atoms with Crippen LogP contribution < -0.4 is 5.56 Å². The lowest BCUT2D eigenvalue weighted by Gasteiger charge is -2.43. The highest BCUT2D eigenvalue weighted by Crippen LogP contribution is 2.43. The number of rotatable bonds is 4. The van der Waals surface area contributed by atoms with Gasteiger partial charge < -0.3 is 14.4 Å². The topological polar surface area (TPSA) is 73.7 Å². The molecule has 1 aliphatic heterocycles. The molecule has 24 heavy (non-hydrogen) atoms. The summed E-state index contributed by atoms with van der Waals surface area (Å²) in [4.78, 5) is 26.6. The second-order valence-corrected chi connectivity index (χ2v) is 6.72. The third kappa shape index (κ3) is 2.98. The van der Waals surface area contributed by atoms with E-state index >= 15 is 0 Å². The van der Waals surface area contributed by atoms with E-state index in [1.165, 1.54) is 10.7 Å². The number of likely N-dealkylation sites (tertiary alicyclic amines) is 1. The number of fused-ring (bicyclic) bond motifs is 1. The Kier molecular flexibility index (Phi) is 4.73. The number of carbonyl (C=O) groups is 1. The van der Waals surface area contributed by atoms with Crippen molar-refractivity contribution in [2.45, 2.75) is 56.9 Å². The fourth-order valence-electron chi connectivity index (χ4n) is 4.06. The predicted octanol–water partition coefficient (Wildman–Crippen LogP) is 0.737. The maximum atomic E-state index is 12.8. The quantitative estimate of drug-likeness (QED) is 0.811. The predicted molar refractivity (Wildman–Crippen MR) is 87.7 cm³/mol. The Hall–Kier alpha value is -1.73. The summed E-state index contributed by atoms with van der Waals surface area (Å²) in [6.45, 7) is 2.42. The summed E-state index contributed by atoms with van der Waals surface area (Å²) < 4.78 is 12.6. The number of hydrogen-bond acceptors (Lipinski definition) is 5. The van der Waals surface area contributed by atoms with Gasteiger partial charge in [0.25, 0.3) is 5.56 Å². The summed E-state index contributed by atoms with van der Waals surface area (Å²) in [6, 6.07) is 3.09. The van der Waals surface area contributed by atoms with Crippen LogP contribution in [0.1, 0.15) is 31.4 Å². The van der Waals surface area contributed by atoms with Gasteiger partial charge in [-0.15, -0.1) is 0 Å². The number of carbonyl (C=O) groups excluding carboxylic acids is 1. The van der Waals surface area contributed by atoms with Crippen LogP contribution in [-0.4, -0.2) is 59.1 Å². The Morgan fingerprint density at radius 2 is 2.17 bits per heavy atom. The molecule has 3 atom stereocenters. The summed E-state index contributed by atoms with van der Waals surface area (Å²) in [6.07, 6.45) is 3.58. The fraction of sp³-hybridized carbons (Fsp3) is 0.706. The number of aryl methyl sites for hydroxylation is 1. The van der Waals surface area contributed by atoms with Gasteiger partial charge in [-0.2, -0.15) is 5.10 Å². The van der Waals surface area contributed by atoms with Crippen LogP contribution in [0.4, 0.5) is 0 Å². The van der Waals surface area contributed by atoms with Gasteiger partial charge in [0.05, 0.1) is 23.4 Å². The molecule has 7 heteroatoms. The molecule has 7 nitrogen and oxygen atoms in total. The lowest BCUT2D eigenvalue weighted by atomic mass is 9.79. The first-order valence-corrected chi connectivity index (χ1v) is 8.41. The highest BCUT2D eigenvalue weighted by molar-refractivity contribution is 5.77. The molecule has 1 aliphatic carbocycles. The average molecular weight is 335 g/mol. The van der Waals surface area contributed by atoms with Crippen LogP contribution in [0.3, 0.4) is 0 Å². The minimum absolute atomic E-state index is 0.00536. The fourth-order valence-corrected chi connectivity index (χ4v) is 4.06. The van der Waals surface area contributed by atoms with Crippen LogP contribution >= 0.6 is 0 Å². The first kappa shape index (κ1) is 17.1. The Morgan fingerprint density at radius 3 is 2.88 bits per heavy atom. The van der Waals surface area contributed by atoms with Crippen molar-refractivity contribution in [1.29, 1.82) is 0 Å². The number of amides is 1. The van der Waals surface area contributed by atoms with Gasteiger partial charge in [-0.1, -0.05) is 0 Å². The molecular formula is C17H25N3O4. The van der Waals surface area contributed by atoms with Gasteiger partial charge in [-0.25, -0.2) is 4.68 Å². The largest absolute Gasteiger partial charge is 0.381 e. The first-order valence-electron chi connectivity index (χ1n) is 8.41. The standard InChI is InChI=1S/C17H25N3O4/c1-12-4-5-15(21)20(18-12)11-16(22)19-9-8-17(24-3)7-6-13(23-2)10-14(17)19/h4-5,13-14H,6-11H2,1-3H3/t13-,14+,17-/m1/s1. The van der Waals surface area contributed by atoms with Crippen molar-refractivity contribution >= 4 is 5.91 Å². The molecule has 1 amide bonds. The summed E-state index contributed by atoms with van der Waals surface area (Å²) in [5, 5.41) is 4.16. The molecule has 2 fully saturated rings. The third-order valence-corrected chi connectivity index (χ3v) is 5.48. The summed E-state index contributed by atoms with van der Waals surface area (Å²) in [7, 11) is 3.43. The molecule has 0 spiro atoms. The zero-order valence-electron chi connectivity index (χ0n) is 14.5. The van der Waals surface area contributed by atoms with Crippen LogP contribution in [0.25, 0.3) is 0 Å². The number of nitrogens with zero attached hydrogens (tertiary/aromatic N) is 3. The minimum Gasteiger partial charge on any atom is -0.381 e. The van der Waals surface area contributed by atoms with Crippen LogP contribution in [0, 0.1) is 6.92 Å². The first-order chi connectivity index (χ1) is 11.5. The molecule has 1 aromatic heterocycles. The maximum Gasteiger partial charge on any atom is 0.267 e. The van der Waals surface area contributed by atoms with Gasteiger partial charge >= 0.3 is 0 Å². The molecule has 0 radical (unpaired) electrons. The lowest BCUT2D eigenvalue weighted by Crippen LogP contribution is -2.53. The molecule has 0 bridgehead atoms. The van der Waals surface area contributed by atoms with Crippen LogP contribution in [0.2, 0.25) is 0 Å². The molecule has 0 unspecified atom stereocenters. The van der Waals surface area contributed by atoms with Crippen molar-refractivity contribution in [3.63, 3.8) is 0 Å². The maximum absolute atomic E-state index is 12.8. The normalized spacial score (nSPS) is 29.5. The van der Waals surface area contributed by atoms with Crippen molar-refractivity contribution in [2.75, 3.05) is 20.8 Å². The van der Waals surface area contributed by atoms with Gasteiger partial charge in [0.2, 0.25) is 5.91 Å². The van der Waals surface area contributed by atoms with Crippen molar-refractivity contribution in [3.8, 4) is 0 Å². The van der Waals surface area contributed by atoms with Crippen molar-refractivity contribution in [3.05, 3.63) is 28.2 Å². The number of hydrogen-bond donors (Lipinski definition) is 0. The zero-order chi connectivity index (χ0) is 17.3. The highest BCUT2D eigenvalue weighted by atomic mass is 16.5. The average Bonchev–Trinajstić information content (AvgIpc) is 2.97. The number of methoxy groups -OCH3 is 2. The molecule has 132 valence electrons.